The molecular formula is C14H9F2N. The quantitative estimate of drug-likeness (QED) is 0.545. The molecule has 0 unspecified atom stereocenters. The minimum atomic E-state index is -0.674. The highest BCUT2D eigenvalue weighted by molar-refractivity contribution is 5.57. The third-order valence-electron chi connectivity index (χ3n) is 2.22. The summed E-state index contributed by atoms with van der Waals surface area (Å²) >= 11 is 0. The zero-order valence-corrected chi connectivity index (χ0v) is 8.87. The second kappa shape index (κ2) is 4.67. The molecule has 0 aliphatic rings. The van der Waals surface area contributed by atoms with Crippen LogP contribution in [0.25, 0.3) is 0 Å². The average molecular weight is 229 g/mol. The summed E-state index contributed by atoms with van der Waals surface area (Å²) in [7, 11) is 0. The van der Waals surface area contributed by atoms with Crippen molar-refractivity contribution in [2.45, 2.75) is 0 Å². The Labute approximate surface area is 97.9 Å². The molecule has 2 N–H and O–H groups in total. The number of anilines is 1. The summed E-state index contributed by atoms with van der Waals surface area (Å²) in [6, 6.07) is 10.3. The Morgan fingerprint density at radius 3 is 2.29 bits per heavy atom. The fraction of sp³-hybridized carbons (Fsp3) is 0. The van der Waals surface area contributed by atoms with Crippen molar-refractivity contribution in [3.8, 4) is 11.8 Å². The number of rotatable bonds is 0. The van der Waals surface area contributed by atoms with Crippen LogP contribution in [0.3, 0.4) is 0 Å². The van der Waals surface area contributed by atoms with Crippen LogP contribution >= 0.6 is 0 Å². The van der Waals surface area contributed by atoms with Gasteiger partial charge in [0.25, 0.3) is 0 Å². The number of hydrogen-bond acceptors (Lipinski definition) is 1. The molecule has 3 heteroatoms. The number of benzene rings is 2. The summed E-state index contributed by atoms with van der Waals surface area (Å²) in [5.41, 5.74) is 6.99. The van der Waals surface area contributed by atoms with Crippen LogP contribution in [-0.2, 0) is 0 Å². The van der Waals surface area contributed by atoms with E-state index in [0.717, 1.165) is 6.07 Å². The first-order valence-corrected chi connectivity index (χ1v) is 4.98. The summed E-state index contributed by atoms with van der Waals surface area (Å²) in [6.45, 7) is 0. The highest BCUT2D eigenvalue weighted by Crippen LogP contribution is 2.11. The molecule has 17 heavy (non-hydrogen) atoms. The van der Waals surface area contributed by atoms with Crippen molar-refractivity contribution in [2.24, 2.45) is 0 Å². The molecule has 1 nitrogen and oxygen atoms in total. The minimum Gasteiger partial charge on any atom is -0.398 e. The van der Waals surface area contributed by atoms with Gasteiger partial charge in [0, 0.05) is 17.3 Å². The van der Waals surface area contributed by atoms with E-state index in [9.17, 15) is 8.78 Å². The Morgan fingerprint density at radius 2 is 1.59 bits per heavy atom. The molecule has 0 radical (unpaired) electrons. The van der Waals surface area contributed by atoms with Crippen LogP contribution in [0.1, 0.15) is 11.1 Å². The van der Waals surface area contributed by atoms with Gasteiger partial charge in [0.1, 0.15) is 11.6 Å². The number of nitrogen functional groups attached to an aromatic ring is 1. The van der Waals surface area contributed by atoms with Crippen molar-refractivity contribution in [1.29, 1.82) is 0 Å². The van der Waals surface area contributed by atoms with Gasteiger partial charge < -0.3 is 5.73 Å². The molecule has 0 aromatic heterocycles. The maximum atomic E-state index is 13.3. The van der Waals surface area contributed by atoms with Gasteiger partial charge in [-0.2, -0.15) is 0 Å². The first kappa shape index (κ1) is 11.2. The minimum absolute atomic E-state index is 0.148. The van der Waals surface area contributed by atoms with Crippen LogP contribution in [0.5, 0.6) is 0 Å². The third-order valence-corrected chi connectivity index (χ3v) is 2.22. The molecule has 0 amide bonds. The molecule has 0 spiro atoms. The van der Waals surface area contributed by atoms with E-state index >= 15 is 0 Å². The van der Waals surface area contributed by atoms with E-state index in [2.05, 4.69) is 11.8 Å². The molecule has 0 aliphatic carbocycles. The maximum Gasteiger partial charge on any atom is 0.141 e. The first-order chi connectivity index (χ1) is 8.16. The maximum absolute atomic E-state index is 13.3. The summed E-state index contributed by atoms with van der Waals surface area (Å²) in [4.78, 5) is 0. The zero-order valence-electron chi connectivity index (χ0n) is 8.87. The van der Waals surface area contributed by atoms with E-state index in [1.807, 2.05) is 0 Å². The monoisotopic (exact) mass is 229 g/mol. The second-order valence-corrected chi connectivity index (χ2v) is 3.46. The second-order valence-electron chi connectivity index (χ2n) is 3.46. The van der Waals surface area contributed by atoms with Gasteiger partial charge in [-0.3, -0.25) is 0 Å². The summed E-state index contributed by atoms with van der Waals surface area (Å²) in [5.74, 6) is 4.09. The highest BCUT2D eigenvalue weighted by atomic mass is 19.1. The predicted octanol–water partition coefficient (Wildman–Crippen LogP) is 2.95. The molecule has 0 saturated carbocycles. The van der Waals surface area contributed by atoms with Gasteiger partial charge in [-0.15, -0.1) is 0 Å². The Balaban J connectivity index is 2.37. The largest absolute Gasteiger partial charge is 0.398 e. The molecule has 0 aliphatic heterocycles. The van der Waals surface area contributed by atoms with Crippen LogP contribution in [-0.4, -0.2) is 0 Å². The van der Waals surface area contributed by atoms with Crippen LogP contribution < -0.4 is 5.73 Å². The number of halogens is 2. The summed E-state index contributed by atoms with van der Waals surface area (Å²) in [5, 5.41) is 0. The smallest absolute Gasteiger partial charge is 0.141 e. The Hall–Kier alpha value is -2.34. The molecule has 0 saturated heterocycles. The van der Waals surface area contributed by atoms with Crippen LogP contribution in [0.2, 0.25) is 0 Å². The molecule has 0 heterocycles. The van der Waals surface area contributed by atoms with Crippen molar-refractivity contribution < 1.29 is 8.78 Å². The molecular weight excluding hydrogens is 220 g/mol. The first-order valence-electron chi connectivity index (χ1n) is 4.98. The van der Waals surface area contributed by atoms with Gasteiger partial charge in [-0.05, 0) is 24.3 Å². The molecule has 2 aromatic rings. The molecule has 0 fully saturated rings. The van der Waals surface area contributed by atoms with E-state index in [1.165, 1.54) is 12.1 Å². The number of para-hydroxylation sites is 1. The fourth-order valence-electron chi connectivity index (χ4n) is 1.34. The lowest BCUT2D eigenvalue weighted by molar-refractivity contribution is 0.581. The van der Waals surface area contributed by atoms with E-state index < -0.39 is 11.6 Å². The summed E-state index contributed by atoms with van der Waals surface area (Å²) < 4.78 is 25.9. The average Bonchev–Trinajstić information content (AvgIpc) is 2.30. The Kier molecular flexibility index (Phi) is 3.06. The van der Waals surface area contributed by atoms with Gasteiger partial charge in [-0.1, -0.05) is 24.0 Å². The lowest BCUT2D eigenvalue weighted by Crippen LogP contribution is -1.89. The molecule has 0 bridgehead atoms. The van der Waals surface area contributed by atoms with E-state index in [4.69, 9.17) is 5.73 Å². The molecule has 0 atom stereocenters. The van der Waals surface area contributed by atoms with Gasteiger partial charge in [0.05, 0.1) is 5.56 Å². The lowest BCUT2D eigenvalue weighted by atomic mass is 10.1. The Bertz CT molecular complexity index is 609. The highest BCUT2D eigenvalue weighted by Gasteiger charge is 2.00. The van der Waals surface area contributed by atoms with Crippen LogP contribution in [0, 0.1) is 23.5 Å². The normalized spacial score (nSPS) is 9.53. The third kappa shape index (κ3) is 2.61. The standard InChI is InChI=1S/C14H9F2N/c15-12-8-7-10(13(16)9-12)5-6-11-3-1-2-4-14(11)17/h1-4,7-9H,17H2. The summed E-state index contributed by atoms with van der Waals surface area (Å²) in [6.07, 6.45) is 0. The van der Waals surface area contributed by atoms with Crippen molar-refractivity contribution in [3.05, 3.63) is 65.2 Å². The number of nitrogens with two attached hydrogens (primary N) is 1. The van der Waals surface area contributed by atoms with Crippen LogP contribution in [0.4, 0.5) is 14.5 Å². The lowest BCUT2D eigenvalue weighted by Gasteiger charge is -1.96. The van der Waals surface area contributed by atoms with Crippen molar-refractivity contribution in [3.63, 3.8) is 0 Å². The zero-order chi connectivity index (χ0) is 12.3. The topological polar surface area (TPSA) is 26.0 Å². The van der Waals surface area contributed by atoms with E-state index in [-0.39, 0.29) is 5.56 Å². The van der Waals surface area contributed by atoms with E-state index in [1.54, 1.807) is 24.3 Å². The van der Waals surface area contributed by atoms with Crippen molar-refractivity contribution in [2.75, 3.05) is 5.73 Å². The van der Waals surface area contributed by atoms with Gasteiger partial charge in [-0.25, -0.2) is 8.78 Å². The van der Waals surface area contributed by atoms with Crippen LogP contribution in [0.15, 0.2) is 42.5 Å². The number of hydrogen-bond donors (Lipinski definition) is 1. The SMILES string of the molecule is Nc1ccccc1C#Cc1ccc(F)cc1F. The van der Waals surface area contributed by atoms with Gasteiger partial charge >= 0.3 is 0 Å². The van der Waals surface area contributed by atoms with Gasteiger partial charge in [0.15, 0.2) is 0 Å². The molecule has 2 aromatic carbocycles. The van der Waals surface area contributed by atoms with Gasteiger partial charge in [0.2, 0.25) is 0 Å². The molecule has 84 valence electrons. The predicted molar refractivity (Wildman–Crippen MR) is 63.2 cm³/mol. The fourth-order valence-corrected chi connectivity index (χ4v) is 1.34. The Morgan fingerprint density at radius 1 is 0.882 bits per heavy atom. The molecule has 2 rings (SSSR count). The van der Waals surface area contributed by atoms with Crippen molar-refractivity contribution >= 4 is 5.69 Å². The van der Waals surface area contributed by atoms with Crippen molar-refractivity contribution in [1.82, 2.24) is 0 Å². The van der Waals surface area contributed by atoms with E-state index in [0.29, 0.717) is 11.3 Å².